The number of carbonyl (C=O) groups is 1. The van der Waals surface area contributed by atoms with Gasteiger partial charge in [0, 0.05) is 6.20 Å². The van der Waals surface area contributed by atoms with Crippen molar-refractivity contribution in [2.45, 2.75) is 0 Å². The van der Waals surface area contributed by atoms with Crippen LogP contribution in [0.15, 0.2) is 42.7 Å². The SMILES string of the molecule is COc1ccccc1Nc1cncc(C(N)=O)c1. The molecule has 0 aliphatic rings. The van der Waals surface area contributed by atoms with Crippen molar-refractivity contribution in [3.8, 4) is 5.75 Å². The largest absolute Gasteiger partial charge is 0.495 e. The van der Waals surface area contributed by atoms with E-state index < -0.39 is 5.91 Å². The van der Waals surface area contributed by atoms with Gasteiger partial charge in [0.15, 0.2) is 0 Å². The number of aromatic nitrogens is 1. The third-order valence-electron chi connectivity index (χ3n) is 2.41. The van der Waals surface area contributed by atoms with Crippen molar-refractivity contribution in [1.82, 2.24) is 4.98 Å². The van der Waals surface area contributed by atoms with Gasteiger partial charge in [0.1, 0.15) is 5.75 Å². The number of carbonyl (C=O) groups excluding carboxylic acids is 1. The van der Waals surface area contributed by atoms with Gasteiger partial charge in [0.2, 0.25) is 5.91 Å². The van der Waals surface area contributed by atoms with Crippen LogP contribution in [0.5, 0.6) is 5.75 Å². The quantitative estimate of drug-likeness (QED) is 0.860. The van der Waals surface area contributed by atoms with E-state index in [1.807, 2.05) is 24.3 Å². The Labute approximate surface area is 105 Å². The molecule has 1 aromatic heterocycles. The molecule has 0 saturated carbocycles. The molecule has 0 radical (unpaired) electrons. The first-order valence-corrected chi connectivity index (χ1v) is 5.35. The number of hydrogen-bond acceptors (Lipinski definition) is 4. The molecule has 0 unspecified atom stereocenters. The summed E-state index contributed by atoms with van der Waals surface area (Å²) in [5, 5.41) is 3.12. The molecule has 2 rings (SSSR count). The van der Waals surface area contributed by atoms with Gasteiger partial charge in [-0.2, -0.15) is 0 Å². The highest BCUT2D eigenvalue weighted by molar-refractivity contribution is 5.93. The van der Waals surface area contributed by atoms with E-state index in [1.54, 1.807) is 19.4 Å². The van der Waals surface area contributed by atoms with E-state index >= 15 is 0 Å². The van der Waals surface area contributed by atoms with Crippen molar-refractivity contribution in [1.29, 1.82) is 0 Å². The molecule has 0 aliphatic heterocycles. The summed E-state index contributed by atoms with van der Waals surface area (Å²) in [6.07, 6.45) is 3.04. The van der Waals surface area contributed by atoms with Gasteiger partial charge in [-0.15, -0.1) is 0 Å². The number of nitrogens with zero attached hydrogens (tertiary/aromatic N) is 1. The number of anilines is 2. The average molecular weight is 243 g/mol. The minimum Gasteiger partial charge on any atom is -0.495 e. The van der Waals surface area contributed by atoms with Gasteiger partial charge in [-0.05, 0) is 18.2 Å². The van der Waals surface area contributed by atoms with Gasteiger partial charge in [-0.1, -0.05) is 12.1 Å². The Bertz CT molecular complexity index is 570. The van der Waals surface area contributed by atoms with Crippen LogP contribution in [0.1, 0.15) is 10.4 Å². The predicted octanol–water partition coefficient (Wildman–Crippen LogP) is 1.93. The lowest BCUT2D eigenvalue weighted by atomic mass is 10.2. The molecule has 3 N–H and O–H groups in total. The summed E-state index contributed by atoms with van der Waals surface area (Å²) in [6.45, 7) is 0. The van der Waals surface area contributed by atoms with Crippen LogP contribution in [-0.2, 0) is 0 Å². The van der Waals surface area contributed by atoms with Crippen LogP contribution in [-0.4, -0.2) is 18.0 Å². The zero-order valence-corrected chi connectivity index (χ0v) is 9.88. The van der Waals surface area contributed by atoms with Crippen molar-refractivity contribution in [2.24, 2.45) is 5.73 Å². The lowest BCUT2D eigenvalue weighted by molar-refractivity contribution is 0.1000. The van der Waals surface area contributed by atoms with E-state index in [-0.39, 0.29) is 0 Å². The van der Waals surface area contributed by atoms with Crippen molar-refractivity contribution in [3.05, 3.63) is 48.3 Å². The predicted molar refractivity (Wildman–Crippen MR) is 69.0 cm³/mol. The molecule has 2 aromatic rings. The molecule has 0 fully saturated rings. The fourth-order valence-electron chi connectivity index (χ4n) is 1.55. The zero-order chi connectivity index (χ0) is 13.0. The van der Waals surface area contributed by atoms with Crippen molar-refractivity contribution in [2.75, 3.05) is 12.4 Å². The fourth-order valence-corrected chi connectivity index (χ4v) is 1.55. The maximum Gasteiger partial charge on any atom is 0.250 e. The molecule has 18 heavy (non-hydrogen) atoms. The Morgan fingerprint density at radius 2 is 2.11 bits per heavy atom. The topological polar surface area (TPSA) is 77.2 Å². The second kappa shape index (κ2) is 5.18. The van der Waals surface area contributed by atoms with E-state index in [2.05, 4.69) is 10.3 Å². The standard InChI is InChI=1S/C13H13N3O2/c1-18-12-5-3-2-4-11(12)16-10-6-9(13(14)17)7-15-8-10/h2-8,16H,1H3,(H2,14,17). The maximum atomic E-state index is 11.1. The number of nitrogens with two attached hydrogens (primary N) is 1. The molecule has 0 saturated heterocycles. The Morgan fingerprint density at radius 3 is 2.83 bits per heavy atom. The Kier molecular flexibility index (Phi) is 3.43. The molecular weight excluding hydrogens is 230 g/mol. The van der Waals surface area contributed by atoms with Crippen LogP contribution < -0.4 is 15.8 Å². The van der Waals surface area contributed by atoms with E-state index in [9.17, 15) is 4.79 Å². The first kappa shape index (κ1) is 11.9. The van der Waals surface area contributed by atoms with Crippen LogP contribution in [0, 0.1) is 0 Å². The zero-order valence-electron chi connectivity index (χ0n) is 9.88. The third-order valence-corrected chi connectivity index (χ3v) is 2.41. The van der Waals surface area contributed by atoms with Gasteiger partial charge in [-0.3, -0.25) is 9.78 Å². The van der Waals surface area contributed by atoms with E-state index in [1.165, 1.54) is 6.20 Å². The molecule has 1 aromatic carbocycles. The Morgan fingerprint density at radius 1 is 1.33 bits per heavy atom. The summed E-state index contributed by atoms with van der Waals surface area (Å²) in [5.74, 6) is 0.202. The van der Waals surface area contributed by atoms with E-state index in [0.29, 0.717) is 17.0 Å². The second-order valence-electron chi connectivity index (χ2n) is 3.65. The van der Waals surface area contributed by atoms with Gasteiger partial charge >= 0.3 is 0 Å². The summed E-state index contributed by atoms with van der Waals surface area (Å²) in [7, 11) is 1.60. The van der Waals surface area contributed by atoms with Crippen molar-refractivity contribution in [3.63, 3.8) is 0 Å². The molecule has 0 spiro atoms. The number of primary amides is 1. The molecule has 92 valence electrons. The fraction of sp³-hybridized carbons (Fsp3) is 0.0769. The summed E-state index contributed by atoms with van der Waals surface area (Å²) in [4.78, 5) is 15.0. The molecule has 5 nitrogen and oxygen atoms in total. The summed E-state index contributed by atoms with van der Waals surface area (Å²) in [6, 6.07) is 9.11. The van der Waals surface area contributed by atoms with E-state index in [0.717, 1.165) is 5.69 Å². The number of methoxy groups -OCH3 is 1. The molecular formula is C13H13N3O2. The average Bonchev–Trinajstić information content (AvgIpc) is 2.39. The number of rotatable bonds is 4. The lowest BCUT2D eigenvalue weighted by Gasteiger charge is -2.10. The number of ether oxygens (including phenoxy) is 1. The Balaban J connectivity index is 2.28. The van der Waals surface area contributed by atoms with Crippen LogP contribution in [0.4, 0.5) is 11.4 Å². The van der Waals surface area contributed by atoms with Gasteiger partial charge < -0.3 is 15.8 Å². The second-order valence-corrected chi connectivity index (χ2v) is 3.65. The smallest absolute Gasteiger partial charge is 0.250 e. The lowest BCUT2D eigenvalue weighted by Crippen LogP contribution is -2.11. The van der Waals surface area contributed by atoms with Crippen molar-refractivity contribution < 1.29 is 9.53 Å². The summed E-state index contributed by atoms with van der Waals surface area (Å²) in [5.41, 5.74) is 7.03. The number of nitrogens with one attached hydrogen (secondary N) is 1. The number of benzene rings is 1. The van der Waals surface area contributed by atoms with Gasteiger partial charge in [0.25, 0.3) is 0 Å². The highest BCUT2D eigenvalue weighted by Gasteiger charge is 2.05. The minimum atomic E-state index is -0.508. The van der Waals surface area contributed by atoms with Crippen LogP contribution in [0.3, 0.4) is 0 Å². The highest BCUT2D eigenvalue weighted by atomic mass is 16.5. The number of pyridine rings is 1. The maximum absolute atomic E-state index is 11.1. The Hall–Kier alpha value is -2.56. The van der Waals surface area contributed by atoms with Crippen LogP contribution in [0.25, 0.3) is 0 Å². The van der Waals surface area contributed by atoms with Gasteiger partial charge in [-0.25, -0.2) is 0 Å². The molecule has 0 atom stereocenters. The van der Waals surface area contributed by atoms with E-state index in [4.69, 9.17) is 10.5 Å². The number of para-hydroxylation sites is 2. The summed E-state index contributed by atoms with van der Waals surface area (Å²) >= 11 is 0. The highest BCUT2D eigenvalue weighted by Crippen LogP contribution is 2.26. The molecule has 0 bridgehead atoms. The summed E-state index contributed by atoms with van der Waals surface area (Å²) < 4.78 is 5.22. The number of amides is 1. The minimum absolute atomic E-state index is 0.356. The number of hydrogen-bond donors (Lipinski definition) is 2. The monoisotopic (exact) mass is 243 g/mol. The molecule has 5 heteroatoms. The molecule has 0 aliphatic carbocycles. The van der Waals surface area contributed by atoms with Gasteiger partial charge in [0.05, 0.1) is 30.2 Å². The van der Waals surface area contributed by atoms with Crippen LogP contribution in [0.2, 0.25) is 0 Å². The first-order chi connectivity index (χ1) is 8.70. The third kappa shape index (κ3) is 2.57. The molecule has 1 heterocycles. The normalized spacial score (nSPS) is 9.83. The molecule has 1 amide bonds. The van der Waals surface area contributed by atoms with Crippen LogP contribution >= 0.6 is 0 Å². The van der Waals surface area contributed by atoms with Crippen molar-refractivity contribution >= 4 is 17.3 Å². The first-order valence-electron chi connectivity index (χ1n) is 5.35.